The van der Waals surface area contributed by atoms with Gasteiger partial charge in [0.05, 0.1) is 17.8 Å². The second-order valence-corrected chi connectivity index (χ2v) is 6.08. The summed E-state index contributed by atoms with van der Waals surface area (Å²) in [5, 5.41) is 0.507. The third-order valence-electron chi connectivity index (χ3n) is 3.74. The molecule has 0 radical (unpaired) electrons. The van der Waals surface area contributed by atoms with Crippen LogP contribution in [0, 0.1) is 0 Å². The molecule has 3 aromatic rings. The minimum absolute atomic E-state index is 0.136. The molecule has 24 heavy (non-hydrogen) atoms. The summed E-state index contributed by atoms with van der Waals surface area (Å²) in [6, 6.07) is 12.9. The number of ether oxygens (including phenoxy) is 1. The van der Waals surface area contributed by atoms with E-state index in [9.17, 15) is 4.79 Å². The molecule has 1 aromatic carbocycles. The SMILES string of the molecule is COc1ccccc1CN(C)Cc1cc(=O)n2cc(Cl)ccc2n1. The third-order valence-corrected chi connectivity index (χ3v) is 3.96. The number of hydrogen-bond donors (Lipinski definition) is 0. The highest BCUT2D eigenvalue weighted by molar-refractivity contribution is 6.30. The lowest BCUT2D eigenvalue weighted by Crippen LogP contribution is -2.22. The van der Waals surface area contributed by atoms with E-state index in [-0.39, 0.29) is 5.56 Å². The van der Waals surface area contributed by atoms with Gasteiger partial charge < -0.3 is 4.74 Å². The molecule has 0 saturated carbocycles. The van der Waals surface area contributed by atoms with E-state index in [1.807, 2.05) is 31.3 Å². The fraction of sp³-hybridized carbons (Fsp3) is 0.222. The van der Waals surface area contributed by atoms with Crippen molar-refractivity contribution < 1.29 is 4.74 Å². The maximum absolute atomic E-state index is 12.2. The van der Waals surface area contributed by atoms with Crippen molar-refractivity contribution in [3.05, 3.63) is 75.3 Å². The number of pyridine rings is 1. The quantitative estimate of drug-likeness (QED) is 0.714. The lowest BCUT2D eigenvalue weighted by molar-refractivity contribution is 0.306. The van der Waals surface area contributed by atoms with Gasteiger partial charge in [0.1, 0.15) is 11.4 Å². The van der Waals surface area contributed by atoms with Crippen LogP contribution in [0.3, 0.4) is 0 Å². The molecule has 2 aromatic heterocycles. The van der Waals surface area contributed by atoms with Crippen molar-refractivity contribution in [3.63, 3.8) is 0 Å². The summed E-state index contributed by atoms with van der Waals surface area (Å²) in [5.74, 6) is 0.852. The fourth-order valence-corrected chi connectivity index (χ4v) is 2.82. The number of halogens is 1. The number of fused-ring (bicyclic) bond motifs is 1. The van der Waals surface area contributed by atoms with Gasteiger partial charge in [-0.1, -0.05) is 29.8 Å². The average Bonchev–Trinajstić information content (AvgIpc) is 2.56. The van der Waals surface area contributed by atoms with Gasteiger partial charge in [0.2, 0.25) is 0 Å². The summed E-state index contributed by atoms with van der Waals surface area (Å²) in [6.45, 7) is 1.26. The normalized spacial score (nSPS) is 11.2. The van der Waals surface area contributed by atoms with Gasteiger partial charge in [-0.3, -0.25) is 14.1 Å². The smallest absolute Gasteiger partial charge is 0.258 e. The van der Waals surface area contributed by atoms with E-state index in [4.69, 9.17) is 16.3 Å². The minimum atomic E-state index is -0.136. The van der Waals surface area contributed by atoms with Crippen LogP contribution in [0.4, 0.5) is 0 Å². The molecule has 2 heterocycles. The van der Waals surface area contributed by atoms with Gasteiger partial charge in [-0.15, -0.1) is 0 Å². The first-order valence-corrected chi connectivity index (χ1v) is 7.93. The summed E-state index contributed by atoms with van der Waals surface area (Å²) in [5.41, 5.74) is 2.27. The Kier molecular flexibility index (Phi) is 4.83. The fourth-order valence-electron chi connectivity index (χ4n) is 2.66. The molecule has 3 rings (SSSR count). The van der Waals surface area contributed by atoms with Crippen molar-refractivity contribution in [2.75, 3.05) is 14.2 Å². The Morgan fingerprint density at radius 1 is 1.21 bits per heavy atom. The monoisotopic (exact) mass is 343 g/mol. The van der Waals surface area contributed by atoms with Crippen molar-refractivity contribution in [1.29, 1.82) is 0 Å². The standard InChI is InChI=1S/C18H18ClN3O2/c1-21(10-13-5-3-4-6-16(13)24-2)12-15-9-18(23)22-11-14(19)7-8-17(22)20-15/h3-9,11H,10,12H2,1-2H3. The first-order chi connectivity index (χ1) is 11.6. The van der Waals surface area contributed by atoms with Crippen LogP contribution < -0.4 is 10.3 Å². The molecule has 6 heteroatoms. The molecule has 0 atom stereocenters. The van der Waals surface area contributed by atoms with Crippen LogP contribution in [-0.4, -0.2) is 28.4 Å². The Morgan fingerprint density at radius 3 is 2.79 bits per heavy atom. The second kappa shape index (κ2) is 7.03. The summed E-state index contributed by atoms with van der Waals surface area (Å²) in [6.07, 6.45) is 1.58. The summed E-state index contributed by atoms with van der Waals surface area (Å²) >= 11 is 5.93. The highest BCUT2D eigenvalue weighted by Crippen LogP contribution is 2.19. The van der Waals surface area contributed by atoms with Gasteiger partial charge in [-0.25, -0.2) is 4.98 Å². The Morgan fingerprint density at radius 2 is 2.00 bits per heavy atom. The highest BCUT2D eigenvalue weighted by Gasteiger charge is 2.09. The molecule has 0 saturated heterocycles. The van der Waals surface area contributed by atoms with Gasteiger partial charge in [-0.05, 0) is 25.2 Å². The Balaban J connectivity index is 1.81. The zero-order valence-corrected chi connectivity index (χ0v) is 14.3. The van der Waals surface area contributed by atoms with Crippen LogP contribution in [-0.2, 0) is 13.1 Å². The minimum Gasteiger partial charge on any atom is -0.496 e. The van der Waals surface area contributed by atoms with E-state index in [1.54, 1.807) is 31.5 Å². The van der Waals surface area contributed by atoms with E-state index in [0.717, 1.165) is 17.0 Å². The molecule has 0 aliphatic heterocycles. The van der Waals surface area contributed by atoms with Gasteiger partial charge >= 0.3 is 0 Å². The highest BCUT2D eigenvalue weighted by atomic mass is 35.5. The number of methoxy groups -OCH3 is 1. The van der Waals surface area contributed by atoms with Crippen LogP contribution in [0.25, 0.3) is 5.65 Å². The Hall–Kier alpha value is -2.37. The molecule has 124 valence electrons. The number of aromatic nitrogens is 2. The lowest BCUT2D eigenvalue weighted by atomic mass is 10.2. The second-order valence-electron chi connectivity index (χ2n) is 5.65. The molecule has 0 spiro atoms. The molecule has 0 bridgehead atoms. The van der Waals surface area contributed by atoms with Gasteiger partial charge in [0.25, 0.3) is 5.56 Å². The molecular formula is C18H18ClN3O2. The van der Waals surface area contributed by atoms with E-state index in [2.05, 4.69) is 9.88 Å². The average molecular weight is 344 g/mol. The first-order valence-electron chi connectivity index (χ1n) is 7.55. The van der Waals surface area contributed by atoms with Crippen molar-refractivity contribution in [2.24, 2.45) is 0 Å². The van der Waals surface area contributed by atoms with Gasteiger partial charge in [0, 0.05) is 30.9 Å². The third kappa shape index (κ3) is 3.58. The Labute approximate surface area is 145 Å². The molecule has 0 unspecified atom stereocenters. The molecule has 0 amide bonds. The van der Waals surface area contributed by atoms with E-state index >= 15 is 0 Å². The van der Waals surface area contributed by atoms with Crippen molar-refractivity contribution in [3.8, 4) is 5.75 Å². The van der Waals surface area contributed by atoms with Crippen LogP contribution in [0.1, 0.15) is 11.3 Å². The van der Waals surface area contributed by atoms with Crippen LogP contribution >= 0.6 is 11.6 Å². The number of hydrogen-bond acceptors (Lipinski definition) is 4. The van der Waals surface area contributed by atoms with Crippen LogP contribution in [0.15, 0.2) is 53.5 Å². The first kappa shape index (κ1) is 16.5. The molecule has 5 nitrogen and oxygen atoms in total. The van der Waals surface area contributed by atoms with Crippen molar-refractivity contribution in [2.45, 2.75) is 13.1 Å². The van der Waals surface area contributed by atoms with Crippen LogP contribution in [0.5, 0.6) is 5.75 Å². The lowest BCUT2D eigenvalue weighted by Gasteiger charge is -2.18. The Bertz CT molecular complexity index is 924. The topological polar surface area (TPSA) is 46.8 Å². The summed E-state index contributed by atoms with van der Waals surface area (Å²) in [4.78, 5) is 18.8. The van der Waals surface area contributed by atoms with Gasteiger partial charge in [0.15, 0.2) is 0 Å². The molecule has 0 aliphatic rings. The number of benzene rings is 1. The summed E-state index contributed by atoms with van der Waals surface area (Å²) in [7, 11) is 3.65. The predicted molar refractivity (Wildman–Crippen MR) is 94.6 cm³/mol. The van der Waals surface area contributed by atoms with Crippen molar-refractivity contribution in [1.82, 2.24) is 14.3 Å². The molecule has 0 N–H and O–H groups in total. The maximum Gasteiger partial charge on any atom is 0.258 e. The largest absolute Gasteiger partial charge is 0.496 e. The number of nitrogens with zero attached hydrogens (tertiary/aromatic N) is 3. The predicted octanol–water partition coefficient (Wildman–Crippen LogP) is 2.99. The number of para-hydroxylation sites is 1. The van der Waals surface area contributed by atoms with Gasteiger partial charge in [-0.2, -0.15) is 0 Å². The molecule has 0 aliphatic carbocycles. The summed E-state index contributed by atoms with van der Waals surface area (Å²) < 4.78 is 6.83. The maximum atomic E-state index is 12.2. The van der Waals surface area contributed by atoms with E-state index in [1.165, 1.54) is 4.40 Å². The zero-order chi connectivity index (χ0) is 17.1. The van der Waals surface area contributed by atoms with E-state index in [0.29, 0.717) is 23.8 Å². The molecule has 0 fully saturated rings. The molecular weight excluding hydrogens is 326 g/mol. The van der Waals surface area contributed by atoms with Crippen LogP contribution in [0.2, 0.25) is 5.02 Å². The zero-order valence-electron chi connectivity index (χ0n) is 13.6. The van der Waals surface area contributed by atoms with Crippen molar-refractivity contribution >= 4 is 17.2 Å². The number of rotatable bonds is 5. The van der Waals surface area contributed by atoms with E-state index < -0.39 is 0 Å².